The van der Waals surface area contributed by atoms with Crippen molar-refractivity contribution in [1.82, 2.24) is 9.59 Å². The van der Waals surface area contributed by atoms with Gasteiger partial charge in [-0.3, -0.25) is 0 Å². The number of aryl methyl sites for hydroxylation is 1. The first-order valence-electron chi connectivity index (χ1n) is 2.24. The third kappa shape index (κ3) is 1.65. The maximum Gasteiger partial charge on any atom is 0.349 e. The second-order valence-electron chi connectivity index (χ2n) is 1.49. The molecule has 0 aliphatic rings. The minimum absolute atomic E-state index is 0. The monoisotopic (exact) mass is 180 g/mol. The number of carboxylic acids is 1. The van der Waals surface area contributed by atoms with Crippen LogP contribution in [0.1, 0.15) is 15.4 Å². The Kier molecular flexibility index (Phi) is 3.24. The molecule has 6 heteroatoms. The van der Waals surface area contributed by atoms with E-state index >= 15 is 0 Å². The number of hydrogen-bond acceptors (Lipinski definition) is 4. The fraction of sp³-hybridized carbons (Fsp3) is 0.250. The van der Waals surface area contributed by atoms with Gasteiger partial charge in [0.1, 0.15) is 0 Å². The summed E-state index contributed by atoms with van der Waals surface area (Å²) in [5.74, 6) is -0.956. The summed E-state index contributed by atoms with van der Waals surface area (Å²) in [6.07, 6.45) is 0. The zero-order valence-electron chi connectivity index (χ0n) is 5.07. The van der Waals surface area contributed by atoms with Gasteiger partial charge in [-0.2, -0.15) is 0 Å². The highest BCUT2D eigenvalue weighted by Gasteiger charge is 2.09. The molecule has 4 nitrogen and oxygen atoms in total. The zero-order chi connectivity index (χ0) is 6.85. The molecule has 0 aliphatic carbocycles. The van der Waals surface area contributed by atoms with Crippen molar-refractivity contribution in [3.8, 4) is 0 Å². The van der Waals surface area contributed by atoms with Crippen molar-refractivity contribution in [2.24, 2.45) is 0 Å². The third-order valence-electron chi connectivity index (χ3n) is 0.846. The van der Waals surface area contributed by atoms with E-state index in [1.54, 1.807) is 6.92 Å². The van der Waals surface area contributed by atoms with Crippen molar-refractivity contribution in [3.05, 3.63) is 10.6 Å². The van der Waals surface area contributed by atoms with Crippen LogP contribution in [0.15, 0.2) is 0 Å². The normalized spacial score (nSPS) is 8.50. The number of carboxylic acid groups (broad SMARTS) is 1. The van der Waals surface area contributed by atoms with E-state index in [0.717, 1.165) is 11.5 Å². The number of nitrogens with zero attached hydrogens (tertiary/aromatic N) is 2. The molecule has 0 radical (unpaired) electrons. The highest BCUT2D eigenvalue weighted by atomic mass is 35.5. The van der Waals surface area contributed by atoms with Crippen LogP contribution in [0, 0.1) is 6.92 Å². The van der Waals surface area contributed by atoms with Crippen LogP contribution in [0.4, 0.5) is 0 Å². The van der Waals surface area contributed by atoms with Gasteiger partial charge in [-0.05, 0) is 18.5 Å². The summed E-state index contributed by atoms with van der Waals surface area (Å²) < 4.78 is 3.45. The van der Waals surface area contributed by atoms with Crippen LogP contribution in [0.25, 0.3) is 0 Å². The topological polar surface area (TPSA) is 63.1 Å². The van der Waals surface area contributed by atoms with E-state index in [0.29, 0.717) is 5.69 Å². The molecule has 1 aromatic rings. The molecule has 0 bridgehead atoms. The predicted molar refractivity (Wildman–Crippen MR) is 38.9 cm³/mol. The average molecular weight is 181 g/mol. The maximum absolute atomic E-state index is 10.2. The number of rotatable bonds is 1. The van der Waals surface area contributed by atoms with Crippen LogP contribution in [-0.2, 0) is 0 Å². The molecule has 0 saturated heterocycles. The fourth-order valence-electron chi connectivity index (χ4n) is 0.428. The summed E-state index contributed by atoms with van der Waals surface area (Å²) in [6, 6.07) is 0. The fourth-order valence-corrected chi connectivity index (χ4v) is 0.924. The standard InChI is InChI=1S/C4H4N2O2S.ClH/c1-2-3(4(7)8)9-6-5-2;/h1H3,(H,7,8);1H. The van der Waals surface area contributed by atoms with Gasteiger partial charge in [-0.25, -0.2) is 4.79 Å². The van der Waals surface area contributed by atoms with E-state index in [1.807, 2.05) is 0 Å². The summed E-state index contributed by atoms with van der Waals surface area (Å²) in [4.78, 5) is 10.4. The first-order valence-corrected chi connectivity index (χ1v) is 3.01. The SMILES string of the molecule is Cc1nnsc1C(=O)O.Cl. The quantitative estimate of drug-likeness (QED) is 0.700. The number of hydrogen-bond donors (Lipinski definition) is 1. The van der Waals surface area contributed by atoms with Crippen LogP contribution in [0.2, 0.25) is 0 Å². The molecular weight excluding hydrogens is 176 g/mol. The molecule has 1 aromatic heterocycles. The Balaban J connectivity index is 0.000000810. The van der Waals surface area contributed by atoms with Gasteiger partial charge in [-0.1, -0.05) is 4.49 Å². The smallest absolute Gasteiger partial charge is 0.349 e. The molecule has 0 spiro atoms. The van der Waals surface area contributed by atoms with Crippen molar-refractivity contribution < 1.29 is 9.90 Å². The summed E-state index contributed by atoms with van der Waals surface area (Å²) in [5.41, 5.74) is 0.479. The van der Waals surface area contributed by atoms with Crippen molar-refractivity contribution >= 4 is 29.9 Å². The van der Waals surface area contributed by atoms with Gasteiger partial charge in [0, 0.05) is 0 Å². The van der Waals surface area contributed by atoms with Gasteiger partial charge >= 0.3 is 5.97 Å². The molecule has 0 aromatic carbocycles. The Morgan fingerprint density at radius 3 is 2.50 bits per heavy atom. The molecule has 0 aliphatic heterocycles. The average Bonchev–Trinajstić information content (AvgIpc) is 2.13. The summed E-state index contributed by atoms with van der Waals surface area (Å²) in [7, 11) is 0. The van der Waals surface area contributed by atoms with Crippen LogP contribution in [0.5, 0.6) is 0 Å². The van der Waals surface area contributed by atoms with Gasteiger partial charge in [-0.15, -0.1) is 17.5 Å². The molecule has 0 amide bonds. The van der Waals surface area contributed by atoms with Crippen molar-refractivity contribution in [1.29, 1.82) is 0 Å². The van der Waals surface area contributed by atoms with Crippen LogP contribution >= 0.6 is 23.9 Å². The molecule has 10 heavy (non-hydrogen) atoms. The Morgan fingerprint density at radius 1 is 1.70 bits per heavy atom. The Bertz CT molecular complexity index is 237. The Labute approximate surface area is 67.5 Å². The van der Waals surface area contributed by atoms with E-state index in [1.165, 1.54) is 0 Å². The highest BCUT2D eigenvalue weighted by molar-refractivity contribution is 7.07. The number of carbonyl (C=O) groups is 1. The van der Waals surface area contributed by atoms with Crippen molar-refractivity contribution in [3.63, 3.8) is 0 Å². The lowest BCUT2D eigenvalue weighted by atomic mass is 10.4. The van der Waals surface area contributed by atoms with Gasteiger partial charge in [0.2, 0.25) is 0 Å². The largest absolute Gasteiger partial charge is 0.477 e. The zero-order valence-corrected chi connectivity index (χ0v) is 6.70. The van der Waals surface area contributed by atoms with E-state index in [-0.39, 0.29) is 17.3 Å². The lowest BCUT2D eigenvalue weighted by molar-refractivity contribution is 0.0701. The van der Waals surface area contributed by atoms with Gasteiger partial charge in [0.05, 0.1) is 5.69 Å². The van der Waals surface area contributed by atoms with Gasteiger partial charge in [0.25, 0.3) is 0 Å². The summed E-state index contributed by atoms with van der Waals surface area (Å²) in [6.45, 7) is 1.62. The van der Waals surface area contributed by atoms with Gasteiger partial charge < -0.3 is 5.11 Å². The molecule has 0 saturated carbocycles. The van der Waals surface area contributed by atoms with Crippen molar-refractivity contribution in [2.45, 2.75) is 6.92 Å². The minimum Gasteiger partial charge on any atom is -0.477 e. The molecule has 56 valence electrons. The molecule has 1 N–H and O–H groups in total. The Morgan fingerprint density at radius 2 is 2.30 bits per heavy atom. The van der Waals surface area contributed by atoms with E-state index in [4.69, 9.17) is 5.11 Å². The van der Waals surface area contributed by atoms with Crippen LogP contribution in [-0.4, -0.2) is 20.7 Å². The second kappa shape index (κ2) is 3.48. The molecule has 0 unspecified atom stereocenters. The van der Waals surface area contributed by atoms with E-state index < -0.39 is 5.97 Å². The first kappa shape index (κ1) is 9.32. The first-order chi connectivity index (χ1) is 4.22. The molecule has 0 fully saturated rings. The molecule has 1 rings (SSSR count). The van der Waals surface area contributed by atoms with Crippen LogP contribution < -0.4 is 0 Å². The number of aromatic nitrogens is 2. The maximum atomic E-state index is 10.2. The molecule has 1 heterocycles. The molecule has 0 atom stereocenters. The molecular formula is C4H5ClN2O2S. The second-order valence-corrected chi connectivity index (χ2v) is 2.25. The highest BCUT2D eigenvalue weighted by Crippen LogP contribution is 2.07. The summed E-state index contributed by atoms with van der Waals surface area (Å²) >= 11 is 0.897. The minimum atomic E-state index is -0.956. The third-order valence-corrected chi connectivity index (χ3v) is 1.66. The lowest BCUT2D eigenvalue weighted by Gasteiger charge is -1.82. The predicted octanol–water partition coefficient (Wildman–Crippen LogP) is 0.967. The Hall–Kier alpha value is -0.680. The van der Waals surface area contributed by atoms with E-state index in [9.17, 15) is 4.79 Å². The number of halogens is 1. The van der Waals surface area contributed by atoms with Gasteiger partial charge in [0.15, 0.2) is 4.88 Å². The van der Waals surface area contributed by atoms with Crippen molar-refractivity contribution in [2.75, 3.05) is 0 Å². The van der Waals surface area contributed by atoms with Crippen LogP contribution in [0.3, 0.4) is 0 Å². The lowest BCUT2D eigenvalue weighted by Crippen LogP contribution is -1.94. The van der Waals surface area contributed by atoms with E-state index in [2.05, 4.69) is 9.59 Å². The summed E-state index contributed by atoms with van der Waals surface area (Å²) in [5, 5.41) is 11.9. The number of aromatic carboxylic acids is 1.